The Morgan fingerprint density at radius 2 is 2.33 bits per heavy atom. The van der Waals surface area contributed by atoms with Crippen LogP contribution in [0.2, 0.25) is 0 Å². The topological polar surface area (TPSA) is 83.3 Å². The second-order valence-electron chi connectivity index (χ2n) is 5.76. The summed E-state index contributed by atoms with van der Waals surface area (Å²) in [5.41, 5.74) is 0.679. The molecule has 2 aromatic rings. The van der Waals surface area contributed by atoms with Gasteiger partial charge in [-0.2, -0.15) is 5.10 Å². The lowest BCUT2D eigenvalue weighted by atomic mass is 10.0. The molecular weight excluding hydrogens is 313 g/mol. The first-order valence-electron chi connectivity index (χ1n) is 7.93. The van der Waals surface area contributed by atoms with E-state index in [-0.39, 0.29) is 31.0 Å². The van der Waals surface area contributed by atoms with Crippen LogP contribution in [0, 0.1) is 5.82 Å². The molecule has 2 unspecified atom stereocenters. The minimum Gasteiger partial charge on any atom is -0.391 e. The summed E-state index contributed by atoms with van der Waals surface area (Å²) in [6, 6.07) is 5.47. The van der Waals surface area contributed by atoms with Gasteiger partial charge in [0.15, 0.2) is 0 Å². The number of aliphatic hydroxyl groups is 1. The molecule has 2 heterocycles. The first-order valence-corrected chi connectivity index (χ1v) is 7.93. The largest absolute Gasteiger partial charge is 0.391 e. The summed E-state index contributed by atoms with van der Waals surface area (Å²) in [5, 5.41) is 16.8. The third-order valence-corrected chi connectivity index (χ3v) is 4.17. The molecule has 2 amide bonds. The van der Waals surface area contributed by atoms with Crippen LogP contribution in [0.5, 0.6) is 0 Å². The second-order valence-corrected chi connectivity index (χ2v) is 5.76. The maximum absolute atomic E-state index is 13.5. The molecule has 1 aliphatic heterocycles. The highest BCUT2D eigenvalue weighted by Gasteiger charge is 2.35. The summed E-state index contributed by atoms with van der Waals surface area (Å²) in [6.07, 6.45) is 1.21. The molecule has 1 aromatic carbocycles. The number of β-amino-alcohol motifs (C(OH)–C–C–N with tert-alkyl or cyclic N) is 1. The molecule has 2 N–H and O–H groups in total. The fourth-order valence-corrected chi connectivity index (χ4v) is 3.01. The van der Waals surface area contributed by atoms with Crippen molar-refractivity contribution in [1.29, 1.82) is 0 Å². The van der Waals surface area contributed by atoms with Crippen molar-refractivity contribution in [3.05, 3.63) is 47.8 Å². The van der Waals surface area contributed by atoms with Crippen LogP contribution in [0.3, 0.4) is 0 Å². The monoisotopic (exact) mass is 333 g/mol. The van der Waals surface area contributed by atoms with Gasteiger partial charge in [-0.1, -0.05) is 12.1 Å². The molecule has 3 rings (SSSR count). The molecule has 1 aliphatic rings. The van der Waals surface area contributed by atoms with E-state index >= 15 is 0 Å². The SMILES string of the molecule is CCn1ncnc1CNC(=O)N1CC(O)CC1c1cccc(F)c1. The van der Waals surface area contributed by atoms with Crippen molar-refractivity contribution in [2.75, 3.05) is 6.54 Å². The lowest BCUT2D eigenvalue weighted by Gasteiger charge is -2.25. The molecule has 2 atom stereocenters. The summed E-state index contributed by atoms with van der Waals surface area (Å²) in [7, 11) is 0. The fraction of sp³-hybridized carbons (Fsp3) is 0.438. The van der Waals surface area contributed by atoms with Gasteiger partial charge in [0.1, 0.15) is 18.0 Å². The molecule has 1 fully saturated rings. The molecule has 7 nitrogen and oxygen atoms in total. The molecule has 1 saturated heterocycles. The third kappa shape index (κ3) is 3.38. The molecule has 8 heteroatoms. The third-order valence-electron chi connectivity index (χ3n) is 4.17. The van der Waals surface area contributed by atoms with Gasteiger partial charge in [0.25, 0.3) is 0 Å². The first-order chi connectivity index (χ1) is 11.6. The van der Waals surface area contributed by atoms with E-state index in [0.29, 0.717) is 24.4 Å². The zero-order valence-corrected chi connectivity index (χ0v) is 13.4. The van der Waals surface area contributed by atoms with Crippen molar-refractivity contribution in [2.24, 2.45) is 0 Å². The van der Waals surface area contributed by atoms with Gasteiger partial charge in [-0.15, -0.1) is 0 Å². The van der Waals surface area contributed by atoms with Gasteiger partial charge in [0.05, 0.1) is 18.7 Å². The molecule has 128 valence electrons. The summed E-state index contributed by atoms with van der Waals surface area (Å²) < 4.78 is 15.2. The van der Waals surface area contributed by atoms with Crippen LogP contribution in [0.1, 0.15) is 30.8 Å². The molecule has 0 aliphatic carbocycles. The highest BCUT2D eigenvalue weighted by molar-refractivity contribution is 5.75. The standard InChI is InChI=1S/C16H20FN5O2/c1-2-22-15(19-10-20-22)8-18-16(24)21-9-13(23)7-14(21)11-4-3-5-12(17)6-11/h3-6,10,13-14,23H,2,7-9H2,1H3,(H,18,24). The predicted molar refractivity (Wildman–Crippen MR) is 84.4 cm³/mol. The maximum Gasteiger partial charge on any atom is 0.318 e. The normalized spacial score (nSPS) is 20.4. The van der Waals surface area contributed by atoms with Crippen molar-refractivity contribution in [3.63, 3.8) is 0 Å². The Bertz CT molecular complexity index is 720. The number of carbonyl (C=O) groups is 1. The Morgan fingerprint density at radius 1 is 1.50 bits per heavy atom. The van der Waals surface area contributed by atoms with E-state index in [1.165, 1.54) is 23.4 Å². The molecular formula is C16H20FN5O2. The molecule has 0 radical (unpaired) electrons. The van der Waals surface area contributed by atoms with Gasteiger partial charge < -0.3 is 15.3 Å². The van der Waals surface area contributed by atoms with E-state index in [1.807, 2.05) is 6.92 Å². The van der Waals surface area contributed by atoms with Crippen molar-refractivity contribution < 1.29 is 14.3 Å². The Hall–Kier alpha value is -2.48. The number of aliphatic hydroxyl groups excluding tert-OH is 1. The van der Waals surface area contributed by atoms with E-state index in [9.17, 15) is 14.3 Å². The van der Waals surface area contributed by atoms with Crippen molar-refractivity contribution in [2.45, 2.75) is 38.6 Å². The molecule has 0 saturated carbocycles. The van der Waals surface area contributed by atoms with Crippen molar-refractivity contribution >= 4 is 6.03 Å². The number of benzene rings is 1. The number of likely N-dealkylation sites (tertiary alicyclic amines) is 1. The minimum atomic E-state index is -0.622. The summed E-state index contributed by atoms with van der Waals surface area (Å²) in [5.74, 6) is 0.304. The molecule has 0 spiro atoms. The van der Waals surface area contributed by atoms with E-state index < -0.39 is 6.10 Å². The summed E-state index contributed by atoms with van der Waals surface area (Å²) >= 11 is 0. The number of nitrogens with zero attached hydrogens (tertiary/aromatic N) is 4. The average Bonchev–Trinajstić information content (AvgIpc) is 3.18. The number of hydrogen-bond acceptors (Lipinski definition) is 4. The highest BCUT2D eigenvalue weighted by atomic mass is 19.1. The average molecular weight is 333 g/mol. The van der Waals surface area contributed by atoms with Crippen molar-refractivity contribution in [1.82, 2.24) is 25.0 Å². The van der Waals surface area contributed by atoms with Gasteiger partial charge in [-0.3, -0.25) is 0 Å². The second kappa shape index (κ2) is 6.96. The lowest BCUT2D eigenvalue weighted by Crippen LogP contribution is -2.40. The zero-order valence-electron chi connectivity index (χ0n) is 13.4. The number of rotatable bonds is 4. The Kier molecular flexibility index (Phi) is 4.75. The fourth-order valence-electron chi connectivity index (χ4n) is 3.01. The van der Waals surface area contributed by atoms with Crippen LogP contribution in [-0.4, -0.2) is 43.5 Å². The number of urea groups is 1. The number of amides is 2. The van der Waals surface area contributed by atoms with E-state index in [2.05, 4.69) is 15.4 Å². The van der Waals surface area contributed by atoms with E-state index in [4.69, 9.17) is 0 Å². The Morgan fingerprint density at radius 3 is 3.08 bits per heavy atom. The van der Waals surface area contributed by atoms with Crippen LogP contribution in [0.15, 0.2) is 30.6 Å². The van der Waals surface area contributed by atoms with Crippen LogP contribution in [-0.2, 0) is 13.1 Å². The van der Waals surface area contributed by atoms with Crippen LogP contribution >= 0.6 is 0 Å². The lowest BCUT2D eigenvalue weighted by molar-refractivity contribution is 0.169. The number of hydrogen-bond donors (Lipinski definition) is 2. The number of halogens is 1. The van der Waals surface area contributed by atoms with Crippen LogP contribution in [0.4, 0.5) is 9.18 Å². The van der Waals surface area contributed by atoms with Gasteiger partial charge in [0, 0.05) is 13.1 Å². The molecule has 1 aromatic heterocycles. The minimum absolute atomic E-state index is 0.216. The Labute approximate surface area is 139 Å². The van der Waals surface area contributed by atoms with Gasteiger partial charge in [-0.25, -0.2) is 18.9 Å². The number of aryl methyl sites for hydroxylation is 1. The number of aromatic nitrogens is 3. The van der Waals surface area contributed by atoms with Crippen molar-refractivity contribution in [3.8, 4) is 0 Å². The van der Waals surface area contributed by atoms with Crippen LogP contribution < -0.4 is 5.32 Å². The van der Waals surface area contributed by atoms with E-state index in [0.717, 1.165) is 0 Å². The maximum atomic E-state index is 13.5. The van der Waals surface area contributed by atoms with Gasteiger partial charge in [0.2, 0.25) is 0 Å². The van der Waals surface area contributed by atoms with Gasteiger partial charge >= 0.3 is 6.03 Å². The smallest absolute Gasteiger partial charge is 0.318 e. The zero-order chi connectivity index (χ0) is 17.1. The Balaban J connectivity index is 1.70. The highest BCUT2D eigenvalue weighted by Crippen LogP contribution is 2.32. The summed E-state index contributed by atoms with van der Waals surface area (Å²) in [6.45, 7) is 3.07. The first kappa shape index (κ1) is 16.4. The summed E-state index contributed by atoms with van der Waals surface area (Å²) in [4.78, 5) is 18.1. The predicted octanol–water partition coefficient (Wildman–Crippen LogP) is 1.45. The van der Waals surface area contributed by atoms with Gasteiger partial charge in [-0.05, 0) is 31.0 Å². The number of nitrogens with one attached hydrogen (secondary N) is 1. The quantitative estimate of drug-likeness (QED) is 0.887. The molecule has 24 heavy (non-hydrogen) atoms. The number of carbonyl (C=O) groups excluding carboxylic acids is 1. The van der Waals surface area contributed by atoms with E-state index in [1.54, 1.807) is 16.8 Å². The van der Waals surface area contributed by atoms with Crippen LogP contribution in [0.25, 0.3) is 0 Å². The molecule has 0 bridgehead atoms.